The van der Waals surface area contributed by atoms with Crippen molar-refractivity contribution in [2.24, 2.45) is 0 Å². The summed E-state index contributed by atoms with van der Waals surface area (Å²) in [6, 6.07) is 19.3. The van der Waals surface area contributed by atoms with E-state index >= 15 is 0 Å². The molecule has 3 rings (SSSR count). The van der Waals surface area contributed by atoms with E-state index in [9.17, 15) is 9.90 Å². The molecule has 1 amide bonds. The smallest absolute Gasteiger partial charge is 0.249 e. The molecule has 0 saturated heterocycles. The maximum Gasteiger partial charge on any atom is 0.249 e. The average Bonchev–Trinajstić information content (AvgIpc) is 3.22. The van der Waals surface area contributed by atoms with E-state index in [0.29, 0.717) is 24.7 Å². The highest BCUT2D eigenvalue weighted by molar-refractivity contribution is 5.76. The fourth-order valence-electron chi connectivity index (χ4n) is 3.07. The standard InChI is InChI=1S/C22H25N3O4/c1-28-21(18-10-6-3-7-11-18)22-24-23-19(29-22)12-13-20(27)25(14-15-26)16-17-8-4-2-5-9-17/h2-11,21,26H,12-16H2,1H3. The van der Waals surface area contributed by atoms with Crippen LogP contribution in [0.1, 0.15) is 35.4 Å². The SMILES string of the molecule is COC(c1ccccc1)c1nnc(CCC(=O)N(CCO)Cc2ccccc2)o1. The zero-order chi connectivity index (χ0) is 20.5. The summed E-state index contributed by atoms with van der Waals surface area (Å²) in [5.74, 6) is 0.668. The fraction of sp³-hybridized carbons (Fsp3) is 0.318. The Bertz CT molecular complexity index is 883. The number of amides is 1. The van der Waals surface area contributed by atoms with Crippen LogP contribution >= 0.6 is 0 Å². The van der Waals surface area contributed by atoms with Crippen molar-refractivity contribution >= 4 is 5.91 Å². The highest BCUT2D eigenvalue weighted by Gasteiger charge is 2.21. The van der Waals surface area contributed by atoms with E-state index in [1.54, 1.807) is 12.0 Å². The van der Waals surface area contributed by atoms with Crippen LogP contribution < -0.4 is 0 Å². The zero-order valence-electron chi connectivity index (χ0n) is 16.4. The topological polar surface area (TPSA) is 88.7 Å². The molecule has 0 radical (unpaired) electrons. The first kappa shape index (κ1) is 20.7. The van der Waals surface area contributed by atoms with Gasteiger partial charge >= 0.3 is 0 Å². The third-order valence-electron chi connectivity index (χ3n) is 4.54. The number of carbonyl (C=O) groups excluding carboxylic acids is 1. The van der Waals surface area contributed by atoms with Gasteiger partial charge < -0.3 is 19.2 Å². The lowest BCUT2D eigenvalue weighted by molar-refractivity contribution is -0.132. The third kappa shape index (κ3) is 5.73. The lowest BCUT2D eigenvalue weighted by atomic mass is 10.1. The number of carbonyl (C=O) groups is 1. The Balaban J connectivity index is 1.61. The predicted molar refractivity (Wildman–Crippen MR) is 107 cm³/mol. The van der Waals surface area contributed by atoms with E-state index in [-0.39, 0.29) is 25.5 Å². The Morgan fingerprint density at radius 1 is 1.10 bits per heavy atom. The molecule has 152 valence electrons. The van der Waals surface area contributed by atoms with E-state index in [4.69, 9.17) is 9.15 Å². The number of methoxy groups -OCH3 is 1. The molecule has 1 heterocycles. The Kier molecular flexibility index (Phi) is 7.49. The molecule has 1 N–H and O–H groups in total. The molecule has 1 aromatic heterocycles. The van der Waals surface area contributed by atoms with Gasteiger partial charge in [0.05, 0.1) is 6.61 Å². The number of hydrogen-bond acceptors (Lipinski definition) is 6. The van der Waals surface area contributed by atoms with Crippen molar-refractivity contribution in [2.45, 2.75) is 25.5 Å². The van der Waals surface area contributed by atoms with Crippen LogP contribution in [-0.2, 0) is 22.5 Å². The van der Waals surface area contributed by atoms with Gasteiger partial charge in [0.25, 0.3) is 0 Å². The van der Waals surface area contributed by atoms with Crippen molar-refractivity contribution in [3.63, 3.8) is 0 Å². The molecule has 0 aliphatic rings. The molecule has 0 aliphatic carbocycles. The quantitative estimate of drug-likeness (QED) is 0.568. The monoisotopic (exact) mass is 395 g/mol. The highest BCUT2D eigenvalue weighted by Crippen LogP contribution is 2.24. The molecular formula is C22H25N3O4. The first-order valence-corrected chi connectivity index (χ1v) is 9.54. The molecule has 3 aromatic rings. The maximum absolute atomic E-state index is 12.6. The van der Waals surface area contributed by atoms with Crippen molar-refractivity contribution in [3.05, 3.63) is 83.6 Å². The van der Waals surface area contributed by atoms with Crippen molar-refractivity contribution in [1.82, 2.24) is 15.1 Å². The van der Waals surface area contributed by atoms with Crippen LogP contribution in [0.4, 0.5) is 0 Å². The summed E-state index contributed by atoms with van der Waals surface area (Å²) in [6.45, 7) is 0.646. The summed E-state index contributed by atoms with van der Waals surface area (Å²) in [5, 5.41) is 17.4. The van der Waals surface area contributed by atoms with Gasteiger partial charge in [0, 0.05) is 33.0 Å². The number of ether oxygens (including phenoxy) is 1. The number of benzene rings is 2. The highest BCUT2D eigenvalue weighted by atomic mass is 16.5. The Morgan fingerprint density at radius 3 is 2.45 bits per heavy atom. The Morgan fingerprint density at radius 2 is 1.79 bits per heavy atom. The van der Waals surface area contributed by atoms with Gasteiger partial charge in [-0.3, -0.25) is 4.79 Å². The Hall–Kier alpha value is -3.03. The summed E-state index contributed by atoms with van der Waals surface area (Å²) in [5.41, 5.74) is 1.93. The van der Waals surface area contributed by atoms with Crippen LogP contribution in [-0.4, -0.2) is 46.4 Å². The summed E-state index contributed by atoms with van der Waals surface area (Å²) in [4.78, 5) is 14.3. The van der Waals surface area contributed by atoms with Crippen molar-refractivity contribution < 1.29 is 19.1 Å². The first-order chi connectivity index (χ1) is 14.2. The first-order valence-electron chi connectivity index (χ1n) is 9.54. The minimum absolute atomic E-state index is 0.0750. The van der Waals surface area contributed by atoms with E-state index in [1.807, 2.05) is 60.7 Å². The van der Waals surface area contributed by atoms with Crippen LogP contribution in [0.3, 0.4) is 0 Å². The van der Waals surface area contributed by atoms with Gasteiger partial charge in [-0.2, -0.15) is 0 Å². The molecule has 0 bridgehead atoms. The summed E-state index contributed by atoms with van der Waals surface area (Å²) in [6.07, 6.45) is 0.0997. The molecule has 0 saturated carbocycles. The van der Waals surface area contributed by atoms with Gasteiger partial charge in [-0.25, -0.2) is 0 Å². The van der Waals surface area contributed by atoms with Gasteiger partial charge in [-0.1, -0.05) is 60.7 Å². The number of rotatable bonds is 10. The second-order valence-electron chi connectivity index (χ2n) is 6.58. The van der Waals surface area contributed by atoms with Crippen LogP contribution in [0.5, 0.6) is 0 Å². The summed E-state index contributed by atoms with van der Waals surface area (Å²) in [7, 11) is 1.58. The minimum Gasteiger partial charge on any atom is -0.422 e. The molecular weight excluding hydrogens is 370 g/mol. The molecule has 0 spiro atoms. The van der Waals surface area contributed by atoms with Gasteiger partial charge in [-0.05, 0) is 11.1 Å². The lowest BCUT2D eigenvalue weighted by Crippen LogP contribution is -2.33. The van der Waals surface area contributed by atoms with E-state index in [2.05, 4.69) is 10.2 Å². The largest absolute Gasteiger partial charge is 0.422 e. The van der Waals surface area contributed by atoms with Gasteiger partial charge in [0.15, 0.2) is 6.10 Å². The van der Waals surface area contributed by atoms with Gasteiger partial charge in [0.2, 0.25) is 17.7 Å². The molecule has 1 unspecified atom stereocenters. The van der Waals surface area contributed by atoms with Crippen LogP contribution in [0.25, 0.3) is 0 Å². The van der Waals surface area contributed by atoms with Gasteiger partial charge in [0.1, 0.15) is 0 Å². The number of aromatic nitrogens is 2. The minimum atomic E-state index is -0.447. The molecule has 2 aromatic carbocycles. The number of aliphatic hydroxyl groups is 1. The predicted octanol–water partition coefficient (Wildman–Crippen LogP) is 2.76. The summed E-state index contributed by atoms with van der Waals surface area (Å²) < 4.78 is 11.2. The molecule has 0 fully saturated rings. The zero-order valence-corrected chi connectivity index (χ0v) is 16.4. The molecule has 0 aliphatic heterocycles. The maximum atomic E-state index is 12.6. The normalized spacial score (nSPS) is 11.9. The van der Waals surface area contributed by atoms with Crippen molar-refractivity contribution in [3.8, 4) is 0 Å². The van der Waals surface area contributed by atoms with Crippen molar-refractivity contribution in [2.75, 3.05) is 20.3 Å². The van der Waals surface area contributed by atoms with Crippen LogP contribution in [0, 0.1) is 0 Å². The second kappa shape index (κ2) is 10.5. The van der Waals surface area contributed by atoms with E-state index in [0.717, 1.165) is 11.1 Å². The molecule has 7 nitrogen and oxygen atoms in total. The van der Waals surface area contributed by atoms with Crippen molar-refractivity contribution in [1.29, 1.82) is 0 Å². The van der Waals surface area contributed by atoms with E-state index < -0.39 is 6.10 Å². The molecule has 7 heteroatoms. The number of nitrogens with zero attached hydrogens (tertiary/aromatic N) is 3. The van der Waals surface area contributed by atoms with Gasteiger partial charge in [-0.15, -0.1) is 10.2 Å². The molecule has 1 atom stereocenters. The number of aryl methyl sites for hydroxylation is 1. The average molecular weight is 395 g/mol. The fourth-order valence-corrected chi connectivity index (χ4v) is 3.07. The third-order valence-corrected chi connectivity index (χ3v) is 4.54. The summed E-state index contributed by atoms with van der Waals surface area (Å²) >= 11 is 0. The number of aliphatic hydroxyl groups excluding tert-OH is 1. The van der Waals surface area contributed by atoms with Crippen LogP contribution in [0.15, 0.2) is 65.1 Å². The second-order valence-corrected chi connectivity index (χ2v) is 6.58. The molecule has 29 heavy (non-hydrogen) atoms. The Labute approximate surface area is 169 Å². The van der Waals surface area contributed by atoms with E-state index in [1.165, 1.54) is 0 Å². The number of hydrogen-bond donors (Lipinski definition) is 1. The lowest BCUT2D eigenvalue weighted by Gasteiger charge is -2.21. The van der Waals surface area contributed by atoms with Crippen LogP contribution in [0.2, 0.25) is 0 Å².